The van der Waals surface area contributed by atoms with Crippen molar-refractivity contribution in [1.82, 2.24) is 9.97 Å². The molecule has 0 saturated carbocycles. The van der Waals surface area contributed by atoms with E-state index < -0.39 is 0 Å². The fraction of sp³-hybridized carbons (Fsp3) is 0.278. The summed E-state index contributed by atoms with van der Waals surface area (Å²) < 4.78 is 13.0. The van der Waals surface area contributed by atoms with Crippen LogP contribution in [-0.4, -0.2) is 29.0 Å². The van der Waals surface area contributed by atoms with E-state index in [1.54, 1.807) is 0 Å². The van der Waals surface area contributed by atoms with Crippen molar-refractivity contribution in [2.45, 2.75) is 20.8 Å². The number of hydrogen-bond acceptors (Lipinski definition) is 5. The predicted molar refractivity (Wildman–Crippen MR) is 100 cm³/mol. The lowest BCUT2D eigenvalue weighted by atomic mass is 10.2. The lowest BCUT2D eigenvalue weighted by molar-refractivity contribution is 0.103. The van der Waals surface area contributed by atoms with Gasteiger partial charge in [0.15, 0.2) is 0 Å². The maximum absolute atomic E-state index is 13.0. The number of hydrogen-bond donors (Lipinski definition) is 1. The van der Waals surface area contributed by atoms with Gasteiger partial charge < -0.3 is 10.2 Å². The highest BCUT2D eigenvalue weighted by Crippen LogP contribution is 2.35. The molecule has 2 aromatic heterocycles. The van der Waals surface area contributed by atoms with Crippen molar-refractivity contribution < 1.29 is 9.18 Å². The first-order valence-electron chi connectivity index (χ1n) is 8.11. The second-order valence-corrected chi connectivity index (χ2v) is 6.57. The lowest BCUT2D eigenvalue weighted by Gasteiger charge is -2.20. The van der Waals surface area contributed by atoms with Crippen molar-refractivity contribution in [2.75, 3.05) is 23.3 Å². The molecule has 0 fully saturated rings. The van der Waals surface area contributed by atoms with Gasteiger partial charge in [-0.05, 0) is 50.6 Å². The molecule has 1 amide bonds. The van der Waals surface area contributed by atoms with E-state index in [1.807, 2.05) is 6.92 Å². The number of carbonyl (C=O) groups is 1. The molecule has 0 spiro atoms. The fourth-order valence-corrected chi connectivity index (χ4v) is 3.79. The Kier molecular flexibility index (Phi) is 4.94. The van der Waals surface area contributed by atoms with E-state index in [1.165, 1.54) is 41.9 Å². The van der Waals surface area contributed by atoms with Gasteiger partial charge in [-0.2, -0.15) is 0 Å². The normalized spacial score (nSPS) is 10.9. The molecule has 0 unspecified atom stereocenters. The van der Waals surface area contributed by atoms with Gasteiger partial charge in [-0.15, -0.1) is 11.3 Å². The Labute approximate surface area is 149 Å². The number of nitrogens with one attached hydrogen (secondary N) is 1. The van der Waals surface area contributed by atoms with E-state index in [9.17, 15) is 9.18 Å². The van der Waals surface area contributed by atoms with Crippen molar-refractivity contribution >= 4 is 39.0 Å². The van der Waals surface area contributed by atoms with E-state index in [0.29, 0.717) is 10.6 Å². The van der Waals surface area contributed by atoms with Crippen LogP contribution in [0.3, 0.4) is 0 Å². The van der Waals surface area contributed by atoms with E-state index in [-0.39, 0.29) is 11.7 Å². The zero-order valence-corrected chi connectivity index (χ0v) is 15.2. The first-order chi connectivity index (χ1) is 12.0. The Balaban J connectivity index is 1.99. The Hall–Kier alpha value is -2.54. The minimum Gasteiger partial charge on any atom is -0.357 e. The second kappa shape index (κ2) is 7.14. The van der Waals surface area contributed by atoms with E-state index in [4.69, 9.17) is 0 Å². The summed E-state index contributed by atoms with van der Waals surface area (Å²) >= 11 is 1.34. The van der Waals surface area contributed by atoms with Crippen LogP contribution in [0.1, 0.15) is 29.1 Å². The van der Waals surface area contributed by atoms with Crippen LogP contribution in [-0.2, 0) is 0 Å². The summed E-state index contributed by atoms with van der Waals surface area (Å²) in [6.45, 7) is 7.71. The summed E-state index contributed by atoms with van der Waals surface area (Å²) in [5.41, 5.74) is 1.42. The highest BCUT2D eigenvalue weighted by Gasteiger charge is 2.21. The smallest absolute Gasteiger partial charge is 0.266 e. The van der Waals surface area contributed by atoms with E-state index in [0.717, 1.165) is 34.7 Å². The van der Waals surface area contributed by atoms with Crippen LogP contribution in [0.2, 0.25) is 0 Å². The Morgan fingerprint density at radius 2 is 1.88 bits per heavy atom. The number of fused-ring (bicyclic) bond motifs is 1. The fourth-order valence-electron chi connectivity index (χ4n) is 2.75. The molecule has 2 heterocycles. The van der Waals surface area contributed by atoms with Crippen LogP contribution in [0.15, 0.2) is 30.6 Å². The summed E-state index contributed by atoms with van der Waals surface area (Å²) in [7, 11) is 0. The molecule has 0 atom stereocenters. The molecule has 0 aliphatic heterocycles. The number of aryl methyl sites for hydroxylation is 1. The van der Waals surface area contributed by atoms with Crippen molar-refractivity contribution in [3.8, 4) is 0 Å². The third-order valence-electron chi connectivity index (χ3n) is 4.08. The van der Waals surface area contributed by atoms with Crippen molar-refractivity contribution in [3.05, 3.63) is 46.9 Å². The molecular formula is C18H19FN4OS. The molecule has 25 heavy (non-hydrogen) atoms. The number of benzene rings is 1. The molecule has 0 bridgehead atoms. The average molecular weight is 358 g/mol. The van der Waals surface area contributed by atoms with Crippen LogP contribution in [0.4, 0.5) is 15.9 Å². The Morgan fingerprint density at radius 3 is 2.52 bits per heavy atom. The Bertz CT molecular complexity index is 903. The minimum absolute atomic E-state index is 0.224. The van der Waals surface area contributed by atoms with Gasteiger partial charge in [0.05, 0.1) is 10.3 Å². The van der Waals surface area contributed by atoms with Gasteiger partial charge in [0.1, 0.15) is 22.8 Å². The number of halogens is 1. The number of carbonyl (C=O) groups excluding carboxylic acids is 1. The lowest BCUT2D eigenvalue weighted by Crippen LogP contribution is -2.23. The van der Waals surface area contributed by atoms with E-state index in [2.05, 4.69) is 34.0 Å². The summed E-state index contributed by atoms with van der Waals surface area (Å²) in [4.78, 5) is 24.9. The van der Waals surface area contributed by atoms with Crippen LogP contribution in [0.25, 0.3) is 10.2 Å². The first kappa shape index (κ1) is 17.3. The summed E-state index contributed by atoms with van der Waals surface area (Å²) in [5.74, 6) is 0.289. The Morgan fingerprint density at radius 1 is 1.20 bits per heavy atom. The highest BCUT2D eigenvalue weighted by atomic mass is 32.1. The van der Waals surface area contributed by atoms with Gasteiger partial charge in [-0.3, -0.25) is 4.79 Å². The van der Waals surface area contributed by atoms with Gasteiger partial charge >= 0.3 is 0 Å². The van der Waals surface area contributed by atoms with Gasteiger partial charge in [0.2, 0.25) is 0 Å². The zero-order valence-electron chi connectivity index (χ0n) is 14.3. The predicted octanol–water partition coefficient (Wildman–Crippen LogP) is 4.24. The van der Waals surface area contributed by atoms with Crippen molar-refractivity contribution in [2.24, 2.45) is 0 Å². The molecule has 7 heteroatoms. The van der Waals surface area contributed by atoms with E-state index >= 15 is 0 Å². The maximum Gasteiger partial charge on any atom is 0.266 e. The molecule has 3 rings (SSSR count). The first-order valence-corrected chi connectivity index (χ1v) is 8.92. The zero-order chi connectivity index (χ0) is 18.0. The van der Waals surface area contributed by atoms with Crippen molar-refractivity contribution in [1.29, 1.82) is 0 Å². The number of aromatic nitrogens is 2. The standard InChI is InChI=1S/C18H19FN4OS/c1-4-23(5-2)16-14-11(3)15(25-18(14)21-10-20-16)17(24)22-13-8-6-12(19)7-9-13/h6-10H,4-5H2,1-3H3,(H,22,24). The quantitative estimate of drug-likeness (QED) is 0.741. The molecular weight excluding hydrogens is 339 g/mol. The topological polar surface area (TPSA) is 58.1 Å². The SMILES string of the molecule is CCN(CC)c1ncnc2sc(C(=O)Nc3ccc(F)cc3)c(C)c12. The third-order valence-corrected chi connectivity index (χ3v) is 5.28. The van der Waals surface area contributed by atoms with Crippen LogP contribution in [0, 0.1) is 12.7 Å². The number of rotatable bonds is 5. The molecule has 130 valence electrons. The molecule has 0 aliphatic rings. The molecule has 0 saturated heterocycles. The second-order valence-electron chi connectivity index (χ2n) is 5.57. The molecule has 5 nitrogen and oxygen atoms in total. The third kappa shape index (κ3) is 3.32. The molecule has 3 aromatic rings. The summed E-state index contributed by atoms with van der Waals surface area (Å²) in [6, 6.07) is 5.71. The van der Waals surface area contributed by atoms with Crippen LogP contribution >= 0.6 is 11.3 Å². The van der Waals surface area contributed by atoms with Gasteiger partial charge in [-0.1, -0.05) is 0 Å². The number of thiophene rings is 1. The molecule has 1 N–H and O–H groups in total. The average Bonchev–Trinajstić information content (AvgIpc) is 2.96. The maximum atomic E-state index is 13.0. The van der Waals surface area contributed by atoms with Crippen LogP contribution < -0.4 is 10.2 Å². The van der Waals surface area contributed by atoms with Crippen molar-refractivity contribution in [3.63, 3.8) is 0 Å². The molecule has 0 radical (unpaired) electrons. The summed E-state index contributed by atoms with van der Waals surface area (Å²) in [6.07, 6.45) is 1.54. The number of nitrogens with zero attached hydrogens (tertiary/aromatic N) is 3. The number of anilines is 2. The monoisotopic (exact) mass is 358 g/mol. The minimum atomic E-state index is -0.338. The summed E-state index contributed by atoms with van der Waals surface area (Å²) in [5, 5.41) is 3.72. The van der Waals surface area contributed by atoms with Crippen LogP contribution in [0.5, 0.6) is 0 Å². The number of amides is 1. The van der Waals surface area contributed by atoms with Gasteiger partial charge in [0.25, 0.3) is 5.91 Å². The molecule has 1 aromatic carbocycles. The highest BCUT2D eigenvalue weighted by molar-refractivity contribution is 7.20. The van der Waals surface area contributed by atoms with Gasteiger partial charge in [-0.25, -0.2) is 14.4 Å². The van der Waals surface area contributed by atoms with Gasteiger partial charge in [0, 0.05) is 18.8 Å². The molecule has 0 aliphatic carbocycles. The largest absolute Gasteiger partial charge is 0.357 e.